The second kappa shape index (κ2) is 9.61. The molecule has 2 atom stereocenters. The molecule has 9 heteroatoms. The number of aromatic nitrogens is 5. The van der Waals surface area contributed by atoms with Gasteiger partial charge >= 0.3 is 0 Å². The van der Waals surface area contributed by atoms with Gasteiger partial charge in [-0.3, -0.25) is 9.78 Å². The van der Waals surface area contributed by atoms with Crippen molar-refractivity contribution >= 4 is 17.4 Å². The Balaban J connectivity index is 1.49. The van der Waals surface area contributed by atoms with E-state index in [1.54, 1.807) is 26.2 Å². The third-order valence-corrected chi connectivity index (χ3v) is 6.26. The van der Waals surface area contributed by atoms with Gasteiger partial charge < -0.3 is 14.6 Å². The van der Waals surface area contributed by atoms with Crippen molar-refractivity contribution < 1.29 is 9.21 Å². The Morgan fingerprint density at radius 3 is 2.69 bits per heavy atom. The number of piperidine rings is 1. The molecule has 1 amide bonds. The SMILES string of the molecule is CC(=O)N1C[C@H](c2nc(Nc3cccc(-c4nnc(C)o4)c3)cc(-c3cccnc3)n2)CC[C@@H]1C. The zero-order chi connectivity index (χ0) is 24.4. The number of amides is 1. The van der Waals surface area contributed by atoms with Gasteiger partial charge in [-0.05, 0) is 50.1 Å². The van der Waals surface area contributed by atoms with Crippen molar-refractivity contribution in [3.63, 3.8) is 0 Å². The molecule has 178 valence electrons. The van der Waals surface area contributed by atoms with Crippen LogP contribution >= 0.6 is 0 Å². The molecule has 0 radical (unpaired) electrons. The van der Waals surface area contributed by atoms with Crippen LogP contribution in [0.5, 0.6) is 0 Å². The molecule has 4 aromatic rings. The molecule has 0 unspecified atom stereocenters. The quantitative estimate of drug-likeness (QED) is 0.446. The standard InChI is InChI=1S/C26H27N7O2/c1-16-9-10-21(15-33(16)18(3)34)25-29-23(20-7-5-11-27-14-20)13-24(30-25)28-22-8-4-6-19(12-22)26-32-31-17(2)35-26/h4-8,11-14,16,21H,9-10,15H2,1-3H3,(H,28,29,30)/t16-,21+/m0/s1. The van der Waals surface area contributed by atoms with Crippen molar-refractivity contribution in [2.75, 3.05) is 11.9 Å². The van der Waals surface area contributed by atoms with E-state index in [-0.39, 0.29) is 17.9 Å². The van der Waals surface area contributed by atoms with Gasteiger partial charge in [0, 0.05) is 67.6 Å². The molecule has 1 N–H and O–H groups in total. The Kier molecular flexibility index (Phi) is 6.22. The first kappa shape index (κ1) is 22.6. The molecular formula is C26H27N7O2. The molecule has 5 rings (SSSR count). The smallest absolute Gasteiger partial charge is 0.247 e. The molecule has 35 heavy (non-hydrogen) atoms. The van der Waals surface area contributed by atoms with Gasteiger partial charge in [0.1, 0.15) is 11.6 Å². The Labute approximate surface area is 203 Å². The first-order chi connectivity index (χ1) is 17.0. The lowest BCUT2D eigenvalue weighted by atomic mass is 9.92. The van der Waals surface area contributed by atoms with Gasteiger partial charge in [-0.25, -0.2) is 9.97 Å². The van der Waals surface area contributed by atoms with E-state index in [0.717, 1.165) is 41.2 Å². The van der Waals surface area contributed by atoms with Crippen LogP contribution in [-0.4, -0.2) is 48.5 Å². The third kappa shape index (κ3) is 5.03. The number of likely N-dealkylation sites (tertiary alicyclic amines) is 1. The topological polar surface area (TPSA) is 110 Å². The maximum Gasteiger partial charge on any atom is 0.247 e. The third-order valence-electron chi connectivity index (χ3n) is 6.26. The maximum absolute atomic E-state index is 12.2. The number of anilines is 2. The van der Waals surface area contributed by atoms with Crippen LogP contribution in [0.1, 0.15) is 44.3 Å². The molecule has 1 aromatic carbocycles. The van der Waals surface area contributed by atoms with Gasteiger partial charge in [0.2, 0.25) is 17.7 Å². The molecule has 1 aliphatic heterocycles. The highest BCUT2D eigenvalue weighted by Gasteiger charge is 2.30. The van der Waals surface area contributed by atoms with Crippen molar-refractivity contribution in [2.24, 2.45) is 0 Å². The summed E-state index contributed by atoms with van der Waals surface area (Å²) in [7, 11) is 0. The van der Waals surface area contributed by atoms with E-state index >= 15 is 0 Å². The number of carbonyl (C=O) groups excluding carboxylic acids is 1. The summed E-state index contributed by atoms with van der Waals surface area (Å²) >= 11 is 0. The van der Waals surface area contributed by atoms with E-state index in [0.29, 0.717) is 24.1 Å². The number of hydrogen-bond acceptors (Lipinski definition) is 8. The van der Waals surface area contributed by atoms with Crippen LogP contribution in [-0.2, 0) is 4.79 Å². The highest BCUT2D eigenvalue weighted by atomic mass is 16.4. The van der Waals surface area contributed by atoms with Crippen LogP contribution in [0, 0.1) is 6.92 Å². The van der Waals surface area contributed by atoms with Gasteiger partial charge in [-0.15, -0.1) is 10.2 Å². The summed E-state index contributed by atoms with van der Waals surface area (Å²) in [5.41, 5.74) is 3.34. The summed E-state index contributed by atoms with van der Waals surface area (Å²) in [6.07, 6.45) is 5.37. The predicted octanol–water partition coefficient (Wildman–Crippen LogP) is 4.76. The normalized spacial score (nSPS) is 17.9. The van der Waals surface area contributed by atoms with Gasteiger partial charge in [-0.1, -0.05) is 6.07 Å². The highest BCUT2D eigenvalue weighted by Crippen LogP contribution is 2.32. The number of nitrogens with one attached hydrogen (secondary N) is 1. The molecule has 0 bridgehead atoms. The minimum absolute atomic E-state index is 0.0555. The van der Waals surface area contributed by atoms with E-state index in [4.69, 9.17) is 14.4 Å². The number of aryl methyl sites for hydroxylation is 1. The summed E-state index contributed by atoms with van der Waals surface area (Å²) in [5, 5.41) is 11.4. The Bertz CT molecular complexity index is 1340. The first-order valence-corrected chi connectivity index (χ1v) is 11.7. The summed E-state index contributed by atoms with van der Waals surface area (Å²) in [4.78, 5) is 28.1. The lowest BCUT2D eigenvalue weighted by Crippen LogP contribution is -2.44. The summed E-state index contributed by atoms with van der Waals surface area (Å²) in [6.45, 7) is 6.09. The number of benzene rings is 1. The molecule has 4 heterocycles. The predicted molar refractivity (Wildman–Crippen MR) is 132 cm³/mol. The fraction of sp³-hybridized carbons (Fsp3) is 0.308. The number of hydrogen-bond donors (Lipinski definition) is 1. The second-order valence-electron chi connectivity index (χ2n) is 8.87. The highest BCUT2D eigenvalue weighted by molar-refractivity contribution is 5.74. The number of rotatable bonds is 5. The zero-order valence-corrected chi connectivity index (χ0v) is 20.0. The molecule has 1 aliphatic rings. The average molecular weight is 470 g/mol. The van der Waals surface area contributed by atoms with Crippen molar-refractivity contribution in [2.45, 2.75) is 45.6 Å². The monoisotopic (exact) mass is 469 g/mol. The number of nitrogens with zero attached hydrogens (tertiary/aromatic N) is 6. The molecule has 0 saturated carbocycles. The maximum atomic E-state index is 12.2. The van der Waals surface area contributed by atoms with Crippen LogP contribution in [0.4, 0.5) is 11.5 Å². The van der Waals surface area contributed by atoms with E-state index in [2.05, 4.69) is 27.4 Å². The van der Waals surface area contributed by atoms with Gasteiger partial charge in [-0.2, -0.15) is 0 Å². The molecular weight excluding hydrogens is 442 g/mol. The van der Waals surface area contributed by atoms with Crippen molar-refractivity contribution in [3.05, 3.63) is 66.6 Å². The average Bonchev–Trinajstić information content (AvgIpc) is 3.31. The van der Waals surface area contributed by atoms with Gasteiger partial charge in [0.05, 0.1) is 5.69 Å². The molecule has 3 aromatic heterocycles. The first-order valence-electron chi connectivity index (χ1n) is 11.7. The van der Waals surface area contributed by atoms with E-state index in [1.165, 1.54) is 0 Å². The van der Waals surface area contributed by atoms with E-state index in [9.17, 15) is 4.79 Å². The molecule has 0 aliphatic carbocycles. The fourth-order valence-corrected chi connectivity index (χ4v) is 4.42. The Morgan fingerprint density at radius 2 is 1.94 bits per heavy atom. The summed E-state index contributed by atoms with van der Waals surface area (Å²) < 4.78 is 5.57. The Hall–Kier alpha value is -4.14. The zero-order valence-electron chi connectivity index (χ0n) is 20.0. The molecule has 1 saturated heterocycles. The summed E-state index contributed by atoms with van der Waals surface area (Å²) in [6, 6.07) is 13.7. The minimum atomic E-state index is 0.0555. The van der Waals surface area contributed by atoms with Crippen molar-refractivity contribution in [1.82, 2.24) is 30.0 Å². The van der Waals surface area contributed by atoms with Crippen LogP contribution in [0.3, 0.4) is 0 Å². The van der Waals surface area contributed by atoms with Crippen molar-refractivity contribution in [1.29, 1.82) is 0 Å². The van der Waals surface area contributed by atoms with Gasteiger partial charge in [0.15, 0.2) is 0 Å². The van der Waals surface area contributed by atoms with Crippen molar-refractivity contribution in [3.8, 4) is 22.7 Å². The van der Waals surface area contributed by atoms with E-state index in [1.807, 2.05) is 47.4 Å². The molecule has 1 fully saturated rings. The van der Waals surface area contributed by atoms with Crippen LogP contribution in [0.2, 0.25) is 0 Å². The Morgan fingerprint density at radius 1 is 1.09 bits per heavy atom. The van der Waals surface area contributed by atoms with Crippen LogP contribution < -0.4 is 5.32 Å². The largest absolute Gasteiger partial charge is 0.421 e. The fourth-order valence-electron chi connectivity index (χ4n) is 4.42. The van der Waals surface area contributed by atoms with E-state index < -0.39 is 0 Å². The minimum Gasteiger partial charge on any atom is -0.421 e. The second-order valence-corrected chi connectivity index (χ2v) is 8.87. The molecule has 0 spiro atoms. The number of pyridine rings is 1. The van der Waals surface area contributed by atoms with Gasteiger partial charge in [0.25, 0.3) is 0 Å². The number of carbonyl (C=O) groups is 1. The van der Waals surface area contributed by atoms with Crippen LogP contribution in [0.25, 0.3) is 22.7 Å². The molecule has 9 nitrogen and oxygen atoms in total. The van der Waals surface area contributed by atoms with Crippen LogP contribution in [0.15, 0.2) is 59.3 Å². The lowest BCUT2D eigenvalue weighted by Gasteiger charge is -2.37. The summed E-state index contributed by atoms with van der Waals surface area (Å²) in [5.74, 6) is 2.50. The lowest BCUT2D eigenvalue weighted by molar-refractivity contribution is -0.132.